The van der Waals surface area contributed by atoms with Gasteiger partial charge in [-0.15, -0.1) is 0 Å². The zero-order valence-electron chi connectivity index (χ0n) is 13.4. The molecule has 0 aliphatic carbocycles. The lowest BCUT2D eigenvalue weighted by Crippen LogP contribution is -2.34. The molecule has 1 aromatic carbocycles. The van der Waals surface area contributed by atoms with Gasteiger partial charge in [-0.05, 0) is 62.3 Å². The molecular weight excluding hydrogens is 250 g/mol. The molecule has 0 heterocycles. The number of hydrogen-bond donors (Lipinski definition) is 2. The molecule has 3 heteroatoms. The van der Waals surface area contributed by atoms with Crippen LogP contribution < -0.4 is 10.5 Å². The fourth-order valence-corrected chi connectivity index (χ4v) is 2.59. The van der Waals surface area contributed by atoms with Gasteiger partial charge in [0, 0.05) is 6.04 Å². The highest BCUT2D eigenvalue weighted by atomic mass is 16.5. The second kappa shape index (κ2) is 7.65. The average Bonchev–Trinajstić information content (AvgIpc) is 2.41. The van der Waals surface area contributed by atoms with Crippen LogP contribution in [0.15, 0.2) is 12.1 Å². The number of aliphatic hydroxyl groups is 1. The van der Waals surface area contributed by atoms with Gasteiger partial charge < -0.3 is 15.6 Å². The van der Waals surface area contributed by atoms with Gasteiger partial charge in [0.15, 0.2) is 0 Å². The summed E-state index contributed by atoms with van der Waals surface area (Å²) >= 11 is 0. The van der Waals surface area contributed by atoms with Gasteiger partial charge in [-0.25, -0.2) is 0 Å². The molecule has 0 saturated heterocycles. The Hall–Kier alpha value is -1.06. The molecule has 0 aromatic heterocycles. The molecule has 3 atom stereocenters. The summed E-state index contributed by atoms with van der Waals surface area (Å²) in [5.74, 6) is 1.24. The number of rotatable bonds is 7. The van der Waals surface area contributed by atoms with Crippen LogP contribution in [0.1, 0.15) is 56.2 Å². The van der Waals surface area contributed by atoms with E-state index in [1.54, 1.807) is 0 Å². The van der Waals surface area contributed by atoms with Crippen molar-refractivity contribution in [2.24, 2.45) is 5.73 Å². The molecule has 1 aromatic rings. The molecule has 114 valence electrons. The number of nitrogens with two attached hydrogens (primary N) is 1. The summed E-state index contributed by atoms with van der Waals surface area (Å²) in [7, 11) is 0. The number of hydrogen-bond acceptors (Lipinski definition) is 3. The molecule has 0 spiro atoms. The molecule has 1 rings (SSSR count). The van der Waals surface area contributed by atoms with E-state index < -0.39 is 6.10 Å². The highest BCUT2D eigenvalue weighted by molar-refractivity contribution is 5.43. The molecule has 0 saturated carbocycles. The van der Waals surface area contributed by atoms with Crippen molar-refractivity contribution < 1.29 is 9.84 Å². The van der Waals surface area contributed by atoms with Crippen LogP contribution >= 0.6 is 0 Å². The predicted molar refractivity (Wildman–Crippen MR) is 84.4 cm³/mol. The zero-order chi connectivity index (χ0) is 15.3. The van der Waals surface area contributed by atoms with Crippen molar-refractivity contribution in [3.63, 3.8) is 0 Å². The highest BCUT2D eigenvalue weighted by Gasteiger charge is 2.19. The normalized spacial score (nSPS) is 15.8. The van der Waals surface area contributed by atoms with E-state index in [4.69, 9.17) is 10.5 Å². The van der Waals surface area contributed by atoms with Gasteiger partial charge in [0.05, 0.1) is 12.7 Å². The maximum Gasteiger partial charge on any atom is 0.122 e. The molecular formula is C17H29NO2. The summed E-state index contributed by atoms with van der Waals surface area (Å²) in [5, 5.41) is 10.1. The van der Waals surface area contributed by atoms with Crippen LogP contribution in [0, 0.1) is 13.8 Å². The number of ether oxygens (including phenoxy) is 1. The van der Waals surface area contributed by atoms with Crippen molar-refractivity contribution in [2.45, 2.75) is 65.5 Å². The van der Waals surface area contributed by atoms with Crippen LogP contribution in [0.4, 0.5) is 0 Å². The molecule has 0 amide bonds. The lowest BCUT2D eigenvalue weighted by Gasteiger charge is -2.23. The van der Waals surface area contributed by atoms with Gasteiger partial charge in [-0.2, -0.15) is 0 Å². The quantitative estimate of drug-likeness (QED) is 0.805. The van der Waals surface area contributed by atoms with Crippen LogP contribution in [0.5, 0.6) is 5.75 Å². The Morgan fingerprint density at radius 2 is 1.85 bits per heavy atom. The summed E-state index contributed by atoms with van der Waals surface area (Å²) < 4.78 is 5.62. The van der Waals surface area contributed by atoms with Gasteiger partial charge in [0.2, 0.25) is 0 Å². The van der Waals surface area contributed by atoms with Crippen LogP contribution in [0.2, 0.25) is 0 Å². The third-order valence-electron chi connectivity index (χ3n) is 3.96. The molecule has 0 radical (unpaired) electrons. The Kier molecular flexibility index (Phi) is 6.50. The van der Waals surface area contributed by atoms with Crippen LogP contribution in [-0.2, 0) is 0 Å². The molecule has 20 heavy (non-hydrogen) atoms. The Bertz CT molecular complexity index is 431. The first kappa shape index (κ1) is 17.0. The molecule has 3 nitrogen and oxygen atoms in total. The van der Waals surface area contributed by atoms with Crippen molar-refractivity contribution in [3.05, 3.63) is 28.8 Å². The fourth-order valence-electron chi connectivity index (χ4n) is 2.59. The summed E-state index contributed by atoms with van der Waals surface area (Å²) in [6, 6.07) is 4.13. The van der Waals surface area contributed by atoms with E-state index in [2.05, 4.69) is 32.9 Å². The zero-order valence-corrected chi connectivity index (χ0v) is 13.4. The first-order valence-electron chi connectivity index (χ1n) is 7.58. The second-order valence-electron chi connectivity index (χ2n) is 5.68. The molecule has 3 N–H and O–H groups in total. The largest absolute Gasteiger partial charge is 0.494 e. The Balaban J connectivity index is 2.88. The van der Waals surface area contributed by atoms with Gasteiger partial charge in [0.25, 0.3) is 0 Å². The third-order valence-corrected chi connectivity index (χ3v) is 3.96. The fraction of sp³-hybridized carbons (Fsp3) is 0.647. The van der Waals surface area contributed by atoms with E-state index >= 15 is 0 Å². The van der Waals surface area contributed by atoms with Gasteiger partial charge in [-0.3, -0.25) is 0 Å². The van der Waals surface area contributed by atoms with Crippen LogP contribution in [0.25, 0.3) is 0 Å². The lowest BCUT2D eigenvalue weighted by atomic mass is 9.88. The molecule has 0 aliphatic rings. The Morgan fingerprint density at radius 3 is 2.40 bits per heavy atom. The van der Waals surface area contributed by atoms with Crippen molar-refractivity contribution in [1.29, 1.82) is 0 Å². The van der Waals surface area contributed by atoms with Crippen molar-refractivity contribution in [2.75, 3.05) is 6.61 Å². The summed E-state index contributed by atoms with van der Waals surface area (Å²) in [4.78, 5) is 0. The van der Waals surface area contributed by atoms with Gasteiger partial charge in [0.1, 0.15) is 5.75 Å². The number of benzene rings is 1. The predicted octanol–water partition coefficient (Wildman–Crippen LogP) is 3.29. The first-order chi connectivity index (χ1) is 9.40. The highest BCUT2D eigenvalue weighted by Crippen LogP contribution is 2.30. The van der Waals surface area contributed by atoms with E-state index in [-0.39, 0.29) is 12.0 Å². The topological polar surface area (TPSA) is 55.5 Å². The maximum absolute atomic E-state index is 10.1. The summed E-state index contributed by atoms with van der Waals surface area (Å²) in [6.07, 6.45) is 1.06. The van der Waals surface area contributed by atoms with E-state index in [0.29, 0.717) is 13.0 Å². The minimum Gasteiger partial charge on any atom is -0.494 e. The van der Waals surface area contributed by atoms with E-state index in [1.807, 2.05) is 13.8 Å². The third kappa shape index (κ3) is 4.22. The number of aryl methyl sites for hydroxylation is 2. The minimum atomic E-state index is -0.443. The van der Waals surface area contributed by atoms with Crippen LogP contribution in [0.3, 0.4) is 0 Å². The SMILES string of the molecule is CCOc1cc(C)c(C(C)CC(O)C(N)CC)cc1C. The second-order valence-corrected chi connectivity index (χ2v) is 5.68. The lowest BCUT2D eigenvalue weighted by molar-refractivity contribution is 0.126. The molecule has 0 bridgehead atoms. The van der Waals surface area contributed by atoms with Crippen molar-refractivity contribution >= 4 is 0 Å². The van der Waals surface area contributed by atoms with Crippen LogP contribution in [-0.4, -0.2) is 23.9 Å². The van der Waals surface area contributed by atoms with Crippen molar-refractivity contribution in [3.8, 4) is 5.75 Å². The first-order valence-corrected chi connectivity index (χ1v) is 7.58. The summed E-state index contributed by atoms with van der Waals surface area (Å²) in [5.41, 5.74) is 9.53. The van der Waals surface area contributed by atoms with E-state index in [0.717, 1.165) is 17.7 Å². The smallest absolute Gasteiger partial charge is 0.122 e. The monoisotopic (exact) mass is 279 g/mol. The van der Waals surface area contributed by atoms with Gasteiger partial charge in [-0.1, -0.05) is 19.9 Å². The molecule has 0 fully saturated rings. The molecule has 0 aliphatic heterocycles. The average molecular weight is 279 g/mol. The van der Waals surface area contributed by atoms with Gasteiger partial charge >= 0.3 is 0 Å². The minimum absolute atomic E-state index is 0.137. The Labute approximate surface area is 123 Å². The van der Waals surface area contributed by atoms with E-state index in [1.165, 1.54) is 11.1 Å². The number of aliphatic hydroxyl groups excluding tert-OH is 1. The maximum atomic E-state index is 10.1. The van der Waals surface area contributed by atoms with Crippen molar-refractivity contribution in [1.82, 2.24) is 0 Å². The molecule has 3 unspecified atom stereocenters. The summed E-state index contributed by atoms with van der Waals surface area (Å²) in [6.45, 7) is 11.0. The standard InChI is InChI=1S/C17H29NO2/c1-6-15(18)16(19)9-11(3)14-8-13(5)17(20-7-2)10-12(14)4/h8,10-11,15-16,19H,6-7,9,18H2,1-5H3. The van der Waals surface area contributed by atoms with E-state index in [9.17, 15) is 5.11 Å². The Morgan fingerprint density at radius 1 is 1.20 bits per heavy atom.